The number of aliphatic hydroxyl groups is 1. The Morgan fingerprint density at radius 1 is 1.34 bits per heavy atom. The lowest BCUT2D eigenvalue weighted by atomic mass is 10.1. The van der Waals surface area contributed by atoms with Crippen molar-refractivity contribution in [3.05, 3.63) is 48.5 Å². The van der Waals surface area contributed by atoms with E-state index in [-0.39, 0.29) is 43.7 Å². The maximum Gasteiger partial charge on any atom is 0.259 e. The first kappa shape index (κ1) is 32.3. The van der Waals surface area contributed by atoms with E-state index in [4.69, 9.17) is 33.6 Å². The van der Waals surface area contributed by atoms with Crippen molar-refractivity contribution in [3.63, 3.8) is 0 Å². The van der Waals surface area contributed by atoms with Gasteiger partial charge in [-0.25, -0.2) is 24.5 Å². The number of nitriles is 1. The minimum absolute atomic E-state index is 0.0907. The summed E-state index contributed by atoms with van der Waals surface area (Å²) in [4.78, 5) is 29.1. The highest BCUT2D eigenvalue weighted by molar-refractivity contribution is 7.44. The number of carbonyl (C=O) groups is 1. The summed E-state index contributed by atoms with van der Waals surface area (Å²) in [6.07, 6.45) is 0.584. The van der Waals surface area contributed by atoms with E-state index in [1.807, 2.05) is 33.8 Å². The first-order valence-corrected chi connectivity index (χ1v) is 14.9. The SMILES string of the molecule is COO.[2H]OC(C[3H])[C@H]1O[C@@H](n2cnc3c(NC(=O)c4ccccc4)ncnc32)CC1OP(OCCC#N)N(C(C)C)C(C)C.[3H]C. The van der Waals surface area contributed by atoms with Crippen LogP contribution in [0.4, 0.5) is 5.82 Å². The molecule has 0 spiro atoms. The van der Waals surface area contributed by atoms with Gasteiger partial charge in [-0.2, -0.15) is 5.26 Å². The van der Waals surface area contributed by atoms with Crippen molar-refractivity contribution in [3.8, 4) is 6.07 Å². The molecule has 14 nitrogen and oxygen atoms in total. The molecule has 0 radical (unpaired) electrons. The molecule has 3 N–H and O–H groups in total. The molecule has 242 valence electrons. The van der Waals surface area contributed by atoms with Gasteiger partial charge in [0.25, 0.3) is 14.4 Å². The van der Waals surface area contributed by atoms with Crippen molar-refractivity contribution in [2.75, 3.05) is 19.0 Å². The van der Waals surface area contributed by atoms with Gasteiger partial charge < -0.3 is 24.2 Å². The molecule has 0 saturated carbocycles. The normalized spacial score (nSPS) is 20.0. The number of carbonyl (C=O) groups excluding carboxylic acids is 1. The molecule has 3 unspecified atom stereocenters. The number of hydrogen-bond acceptors (Lipinski definition) is 12. The zero-order valence-electron chi connectivity index (χ0n) is 28.9. The lowest BCUT2D eigenvalue weighted by Gasteiger charge is -2.37. The van der Waals surface area contributed by atoms with Crippen LogP contribution in [0.5, 0.6) is 0 Å². The summed E-state index contributed by atoms with van der Waals surface area (Å²) in [5.41, 5.74) is 1.30. The molecule has 1 fully saturated rings. The Balaban J connectivity index is 0.00000145. The molecule has 15 heteroatoms. The van der Waals surface area contributed by atoms with E-state index in [1.54, 1.807) is 35.2 Å². The van der Waals surface area contributed by atoms with Gasteiger partial charge in [0.15, 0.2) is 17.0 Å². The number of ether oxygens (including phenoxy) is 1. The Hall–Kier alpha value is -3.12. The van der Waals surface area contributed by atoms with Gasteiger partial charge >= 0.3 is 0 Å². The van der Waals surface area contributed by atoms with Crippen LogP contribution in [-0.4, -0.2) is 86.0 Å². The molecule has 4 rings (SSSR count). The van der Waals surface area contributed by atoms with Crippen molar-refractivity contribution in [2.45, 2.75) is 91.5 Å². The maximum atomic E-state index is 12.8. The lowest BCUT2D eigenvalue weighted by molar-refractivity contribution is -0.214. The second-order valence-corrected chi connectivity index (χ2v) is 11.5. The molecule has 1 saturated heterocycles. The molecular weight excluding hydrogens is 589 g/mol. The number of amides is 1. The fourth-order valence-electron chi connectivity index (χ4n) is 4.60. The van der Waals surface area contributed by atoms with Crippen LogP contribution in [0.1, 0.15) is 74.2 Å². The smallest absolute Gasteiger partial charge is 0.259 e. The third-order valence-electron chi connectivity index (χ3n) is 6.31. The number of aliphatic hydroxyl groups excluding tert-OH is 1. The third-order valence-corrected chi connectivity index (χ3v) is 8.46. The zero-order valence-corrected chi connectivity index (χ0v) is 26.8. The molecule has 3 aromatic rings. The number of anilines is 1. The van der Waals surface area contributed by atoms with Crippen LogP contribution in [0.15, 0.2) is 43.0 Å². The largest absolute Gasteiger partial charge is 0.391 e. The average molecular weight is 639 g/mol. The number of hydrogen-bond donors (Lipinski definition) is 3. The van der Waals surface area contributed by atoms with Crippen LogP contribution in [0.25, 0.3) is 11.2 Å². The summed E-state index contributed by atoms with van der Waals surface area (Å²) in [5, 5.41) is 23.8. The molecule has 0 aliphatic carbocycles. The Morgan fingerprint density at radius 2 is 2.05 bits per heavy atom. The predicted octanol–water partition coefficient (Wildman–Crippen LogP) is 5.15. The van der Waals surface area contributed by atoms with Crippen LogP contribution in [0, 0.1) is 11.3 Å². The second-order valence-electron chi connectivity index (χ2n) is 10.1. The van der Waals surface area contributed by atoms with Crippen LogP contribution >= 0.6 is 8.53 Å². The van der Waals surface area contributed by atoms with Crippen molar-refractivity contribution < 1.29 is 36.6 Å². The van der Waals surface area contributed by atoms with Gasteiger partial charge in [0.1, 0.15) is 18.7 Å². The number of imidazole rings is 1. The Labute approximate surface area is 264 Å². The van der Waals surface area contributed by atoms with E-state index >= 15 is 0 Å². The summed E-state index contributed by atoms with van der Waals surface area (Å²) < 4.78 is 44.1. The third kappa shape index (κ3) is 9.44. The first-order valence-electron chi connectivity index (χ1n) is 15.8. The van der Waals surface area contributed by atoms with Crippen LogP contribution in [0.3, 0.4) is 0 Å². The van der Waals surface area contributed by atoms with Gasteiger partial charge in [-0.3, -0.25) is 14.6 Å². The van der Waals surface area contributed by atoms with E-state index in [0.29, 0.717) is 23.1 Å². The fourth-order valence-corrected chi connectivity index (χ4v) is 6.34. The molecule has 5 atom stereocenters. The van der Waals surface area contributed by atoms with Crippen LogP contribution < -0.4 is 5.32 Å². The topological polar surface area (TPSA) is 177 Å². The summed E-state index contributed by atoms with van der Waals surface area (Å²) in [6, 6.07) is 11.1. The molecule has 44 heavy (non-hydrogen) atoms. The molecule has 2 aromatic heterocycles. The van der Waals surface area contributed by atoms with Crippen molar-refractivity contribution in [1.82, 2.24) is 24.2 Å². The Morgan fingerprint density at radius 3 is 2.66 bits per heavy atom. The number of benzene rings is 1. The van der Waals surface area contributed by atoms with Crippen molar-refractivity contribution in [1.29, 1.82) is 6.69 Å². The monoisotopic (exact) mass is 638 g/mol. The van der Waals surface area contributed by atoms with E-state index in [9.17, 15) is 4.79 Å². The summed E-state index contributed by atoms with van der Waals surface area (Å²) in [7, 11) is 0.821. The number of nitrogens with zero attached hydrogens (tertiary/aromatic N) is 6. The quantitative estimate of drug-likeness (QED) is 0.0972. The van der Waals surface area contributed by atoms with Crippen molar-refractivity contribution >= 4 is 31.4 Å². The van der Waals surface area contributed by atoms with E-state index in [2.05, 4.69) is 35.9 Å². The minimum atomic E-state index is -1.61. The standard InChI is InChI=1S/C27H36N7O5P.CH4O2.CH4/c1-17(2)34(18(3)4)40(37-13-9-12-28)39-21-14-22(38-24(21)19(5)35)33-16-31-23-25(29-15-30-26(23)33)32-27(36)20-10-7-6-8-11-20;1-3-2;/h6-8,10-11,15-19,21-22,24,35H,9,13-14H2,1-5H3,(H,29,30,32,36);2H,1H3;1H4/t19?,21?,22-,24-,40?;;/m1../s1/i5T,35D;;1T. The van der Waals surface area contributed by atoms with Gasteiger partial charge in [0.05, 0.1) is 44.7 Å². The van der Waals surface area contributed by atoms with Gasteiger partial charge in [0, 0.05) is 26.8 Å². The molecular formula is C29H44N7O7P. The minimum Gasteiger partial charge on any atom is -0.391 e. The van der Waals surface area contributed by atoms with Gasteiger partial charge in [-0.05, 0) is 46.7 Å². The average Bonchev–Trinajstić information content (AvgIpc) is 3.68. The van der Waals surface area contributed by atoms with Crippen molar-refractivity contribution in [2.24, 2.45) is 0 Å². The number of fused-ring (bicyclic) bond motifs is 1. The second kappa shape index (κ2) is 18.0. The molecule has 1 amide bonds. The van der Waals surface area contributed by atoms with E-state index in [0.717, 1.165) is 0 Å². The highest BCUT2D eigenvalue weighted by atomic mass is 31.2. The fraction of sp³-hybridized carbons (Fsp3) is 0.552. The summed E-state index contributed by atoms with van der Waals surface area (Å²) in [5.74, 6) is -0.0707. The zero-order chi connectivity index (χ0) is 34.9. The molecule has 3 heterocycles. The lowest BCUT2D eigenvalue weighted by Crippen LogP contribution is -2.38. The Kier molecular flexibility index (Phi) is 13.2. The van der Waals surface area contributed by atoms with E-state index in [1.165, 1.54) is 20.8 Å². The van der Waals surface area contributed by atoms with Gasteiger partial charge in [-0.1, -0.05) is 25.6 Å². The van der Waals surface area contributed by atoms with Gasteiger partial charge in [0.2, 0.25) is 1.43 Å². The summed E-state index contributed by atoms with van der Waals surface area (Å²) >= 11 is 0. The molecule has 1 aromatic carbocycles. The van der Waals surface area contributed by atoms with E-state index < -0.39 is 33.1 Å². The van der Waals surface area contributed by atoms with Crippen LogP contribution in [-0.2, 0) is 18.7 Å². The Bertz CT molecular complexity index is 1380. The van der Waals surface area contributed by atoms with Crippen LogP contribution in [0.2, 0.25) is 0 Å². The number of rotatable bonds is 13. The molecule has 0 bridgehead atoms. The highest BCUT2D eigenvalue weighted by Crippen LogP contribution is 2.50. The van der Waals surface area contributed by atoms with Gasteiger partial charge in [-0.15, -0.1) is 0 Å². The first-order chi connectivity index (χ1) is 22.7. The number of nitrogens with one attached hydrogen (secondary N) is 1. The molecule has 1 aliphatic rings. The molecule has 1 aliphatic heterocycles. The maximum absolute atomic E-state index is 12.8. The highest BCUT2D eigenvalue weighted by Gasteiger charge is 2.43. The summed E-state index contributed by atoms with van der Waals surface area (Å²) in [6.45, 7) is 8.17. The predicted molar refractivity (Wildman–Crippen MR) is 166 cm³/mol. The number of aromatic nitrogens is 4.